The summed E-state index contributed by atoms with van der Waals surface area (Å²) in [5.41, 5.74) is 5.64. The van der Waals surface area contributed by atoms with Crippen molar-refractivity contribution in [3.8, 4) is 0 Å². The van der Waals surface area contributed by atoms with Crippen molar-refractivity contribution in [2.45, 2.75) is 31.8 Å². The van der Waals surface area contributed by atoms with Crippen molar-refractivity contribution >= 4 is 0 Å². The quantitative estimate of drug-likeness (QED) is 0.918. The third kappa shape index (κ3) is 2.23. The van der Waals surface area contributed by atoms with E-state index < -0.39 is 11.6 Å². The molecule has 6 heteroatoms. The van der Waals surface area contributed by atoms with Crippen LogP contribution in [0.15, 0.2) is 18.2 Å². The molecule has 1 fully saturated rings. The Morgan fingerprint density at radius 2 is 1.79 bits per heavy atom. The maximum atomic E-state index is 13.7. The molecular weight excluding hydrogens is 250 g/mol. The van der Waals surface area contributed by atoms with Gasteiger partial charge in [0.15, 0.2) is 0 Å². The molecule has 0 spiro atoms. The van der Waals surface area contributed by atoms with Gasteiger partial charge < -0.3 is 10.3 Å². The zero-order valence-electron chi connectivity index (χ0n) is 10.3. The van der Waals surface area contributed by atoms with Gasteiger partial charge in [-0.25, -0.2) is 8.78 Å². The molecule has 3 rings (SSSR count). The van der Waals surface area contributed by atoms with Crippen molar-refractivity contribution in [1.82, 2.24) is 14.8 Å². The molecular formula is C13H14F2N4. The van der Waals surface area contributed by atoms with E-state index in [1.807, 2.05) is 4.57 Å². The molecule has 0 amide bonds. The second kappa shape index (κ2) is 4.70. The van der Waals surface area contributed by atoms with E-state index in [2.05, 4.69) is 10.2 Å². The zero-order valence-corrected chi connectivity index (χ0v) is 10.3. The second-order valence-electron chi connectivity index (χ2n) is 4.71. The van der Waals surface area contributed by atoms with Crippen LogP contribution in [0.4, 0.5) is 8.78 Å². The summed E-state index contributed by atoms with van der Waals surface area (Å²) in [6.45, 7) is 0.281. The van der Waals surface area contributed by atoms with E-state index in [1.165, 1.54) is 18.2 Å². The Labute approximate surface area is 109 Å². The molecule has 0 aliphatic heterocycles. The number of nitrogens with two attached hydrogens (primary N) is 1. The van der Waals surface area contributed by atoms with Crippen molar-refractivity contribution in [3.63, 3.8) is 0 Å². The summed E-state index contributed by atoms with van der Waals surface area (Å²) in [5.74, 6) is 0.139. The maximum absolute atomic E-state index is 13.7. The second-order valence-corrected chi connectivity index (χ2v) is 4.71. The van der Waals surface area contributed by atoms with Gasteiger partial charge in [0.25, 0.3) is 0 Å². The molecule has 1 heterocycles. The van der Waals surface area contributed by atoms with Crippen LogP contribution in [0.1, 0.15) is 36.1 Å². The molecule has 1 aromatic carbocycles. The lowest BCUT2D eigenvalue weighted by atomic mass is 10.1. The summed E-state index contributed by atoms with van der Waals surface area (Å²) in [4.78, 5) is 0. The van der Waals surface area contributed by atoms with Crippen LogP contribution in [-0.4, -0.2) is 14.8 Å². The van der Waals surface area contributed by atoms with Crippen LogP contribution < -0.4 is 5.73 Å². The van der Waals surface area contributed by atoms with E-state index in [1.54, 1.807) is 0 Å². The molecule has 1 aliphatic rings. The Kier molecular flexibility index (Phi) is 3.02. The normalized spacial score (nSPS) is 14.9. The lowest BCUT2D eigenvalue weighted by Gasteiger charge is -2.09. The third-order valence-corrected chi connectivity index (χ3v) is 3.33. The molecule has 4 nitrogen and oxygen atoms in total. The largest absolute Gasteiger partial charge is 0.324 e. The van der Waals surface area contributed by atoms with E-state index in [-0.39, 0.29) is 18.5 Å². The zero-order chi connectivity index (χ0) is 13.4. The summed E-state index contributed by atoms with van der Waals surface area (Å²) in [6, 6.07) is 4.18. The van der Waals surface area contributed by atoms with Gasteiger partial charge in [-0.3, -0.25) is 0 Å². The molecule has 1 saturated carbocycles. The topological polar surface area (TPSA) is 56.7 Å². The van der Waals surface area contributed by atoms with Crippen LogP contribution in [0.5, 0.6) is 0 Å². The Bertz CT molecular complexity index is 584. The minimum absolute atomic E-state index is 0.0281. The lowest BCUT2D eigenvalue weighted by molar-refractivity contribution is 0.553. The van der Waals surface area contributed by atoms with Crippen LogP contribution >= 0.6 is 0 Å². The fourth-order valence-electron chi connectivity index (χ4n) is 2.23. The fraction of sp³-hybridized carbons (Fsp3) is 0.385. The van der Waals surface area contributed by atoms with Crippen molar-refractivity contribution < 1.29 is 8.78 Å². The summed E-state index contributed by atoms with van der Waals surface area (Å²) in [5, 5.41) is 8.02. The van der Waals surface area contributed by atoms with Gasteiger partial charge in [0.2, 0.25) is 0 Å². The van der Waals surface area contributed by atoms with Crippen LogP contribution in [0.3, 0.4) is 0 Å². The minimum atomic E-state index is -0.556. The standard InChI is InChI=1S/C13H14F2N4/c14-10-2-1-3-11(15)9(10)6-12-17-18-13(7-16)19(12)8-4-5-8/h1-3,8H,4-7,16H2. The highest BCUT2D eigenvalue weighted by molar-refractivity contribution is 5.24. The van der Waals surface area contributed by atoms with Crippen LogP contribution in [0.2, 0.25) is 0 Å². The number of rotatable bonds is 4. The highest BCUT2D eigenvalue weighted by Crippen LogP contribution is 2.37. The first kappa shape index (κ1) is 12.2. The molecule has 0 saturated heterocycles. The fourth-order valence-corrected chi connectivity index (χ4v) is 2.23. The highest BCUT2D eigenvalue weighted by Gasteiger charge is 2.29. The van der Waals surface area contributed by atoms with Crippen molar-refractivity contribution in [1.29, 1.82) is 0 Å². The molecule has 100 valence electrons. The first-order valence-electron chi connectivity index (χ1n) is 6.26. The molecule has 19 heavy (non-hydrogen) atoms. The van der Waals surface area contributed by atoms with Crippen LogP contribution in [0.25, 0.3) is 0 Å². The Hall–Kier alpha value is -1.82. The minimum Gasteiger partial charge on any atom is -0.324 e. The van der Waals surface area contributed by atoms with Crippen molar-refractivity contribution in [2.24, 2.45) is 5.73 Å². The van der Waals surface area contributed by atoms with Gasteiger partial charge in [-0.05, 0) is 25.0 Å². The maximum Gasteiger partial charge on any atom is 0.147 e. The van der Waals surface area contributed by atoms with E-state index in [4.69, 9.17) is 5.73 Å². The van der Waals surface area contributed by atoms with E-state index in [9.17, 15) is 8.78 Å². The lowest BCUT2D eigenvalue weighted by Crippen LogP contribution is -2.11. The van der Waals surface area contributed by atoms with Crippen LogP contribution in [0, 0.1) is 11.6 Å². The van der Waals surface area contributed by atoms with E-state index >= 15 is 0 Å². The summed E-state index contributed by atoms with van der Waals surface area (Å²) in [6.07, 6.45) is 2.18. The summed E-state index contributed by atoms with van der Waals surface area (Å²) >= 11 is 0. The first-order valence-corrected chi connectivity index (χ1v) is 6.26. The number of hydrogen-bond acceptors (Lipinski definition) is 3. The molecule has 0 radical (unpaired) electrons. The Morgan fingerprint density at radius 1 is 1.16 bits per heavy atom. The van der Waals surface area contributed by atoms with Gasteiger partial charge in [-0.15, -0.1) is 10.2 Å². The van der Waals surface area contributed by atoms with Gasteiger partial charge >= 0.3 is 0 Å². The number of nitrogens with zero attached hydrogens (tertiary/aromatic N) is 3. The van der Waals surface area contributed by atoms with Gasteiger partial charge in [0.1, 0.15) is 23.3 Å². The smallest absolute Gasteiger partial charge is 0.147 e. The Balaban J connectivity index is 1.97. The third-order valence-electron chi connectivity index (χ3n) is 3.33. The Morgan fingerprint density at radius 3 is 2.37 bits per heavy atom. The molecule has 0 bridgehead atoms. The predicted molar refractivity (Wildman–Crippen MR) is 65.3 cm³/mol. The molecule has 1 aliphatic carbocycles. The number of halogens is 2. The van der Waals surface area contributed by atoms with Gasteiger partial charge in [0.05, 0.1) is 6.54 Å². The number of aromatic nitrogens is 3. The van der Waals surface area contributed by atoms with Crippen molar-refractivity contribution in [3.05, 3.63) is 47.0 Å². The summed E-state index contributed by atoms with van der Waals surface area (Å²) < 4.78 is 29.2. The summed E-state index contributed by atoms with van der Waals surface area (Å²) in [7, 11) is 0. The first-order chi connectivity index (χ1) is 9.20. The SMILES string of the molecule is NCc1nnc(Cc2c(F)cccc2F)n1C1CC1. The van der Waals surface area contributed by atoms with E-state index in [0.29, 0.717) is 17.7 Å². The predicted octanol–water partition coefficient (Wildman–Crippen LogP) is 1.94. The van der Waals surface area contributed by atoms with Crippen molar-refractivity contribution in [2.75, 3.05) is 0 Å². The molecule has 0 unspecified atom stereocenters. The molecule has 0 atom stereocenters. The van der Waals surface area contributed by atoms with Crippen LogP contribution in [-0.2, 0) is 13.0 Å². The highest BCUT2D eigenvalue weighted by atomic mass is 19.1. The average molecular weight is 264 g/mol. The molecule has 1 aromatic heterocycles. The van der Waals surface area contributed by atoms with Gasteiger partial charge in [-0.2, -0.15) is 0 Å². The molecule has 2 aromatic rings. The molecule has 2 N–H and O–H groups in total. The monoisotopic (exact) mass is 264 g/mol. The number of hydrogen-bond donors (Lipinski definition) is 1. The van der Waals surface area contributed by atoms with Gasteiger partial charge in [0, 0.05) is 18.0 Å². The van der Waals surface area contributed by atoms with Gasteiger partial charge in [-0.1, -0.05) is 6.07 Å². The van der Waals surface area contributed by atoms with E-state index in [0.717, 1.165) is 12.8 Å². The number of benzene rings is 1. The average Bonchev–Trinajstić information content (AvgIpc) is 3.15.